The molecule has 0 radical (unpaired) electrons. The molecule has 0 saturated heterocycles. The van der Waals surface area contributed by atoms with Crippen molar-refractivity contribution in [3.63, 3.8) is 0 Å². The normalized spacial score (nSPS) is 11.1. The van der Waals surface area contributed by atoms with E-state index >= 15 is 0 Å². The van der Waals surface area contributed by atoms with Gasteiger partial charge >= 0.3 is 0 Å². The molecular weight excluding hydrogens is 508 g/mol. The van der Waals surface area contributed by atoms with Crippen LogP contribution in [-0.4, -0.2) is 7.05 Å². The van der Waals surface area contributed by atoms with E-state index < -0.39 is 0 Å². The monoisotopic (exact) mass is 540 g/mol. The third kappa shape index (κ3) is 4.78. The van der Waals surface area contributed by atoms with Crippen molar-refractivity contribution in [3.05, 3.63) is 163 Å². The van der Waals surface area contributed by atoms with Gasteiger partial charge in [-0.25, -0.2) is 0 Å². The predicted octanol–water partition coefficient (Wildman–Crippen LogP) is 11.2. The molecule has 0 unspecified atom stereocenters. The van der Waals surface area contributed by atoms with Gasteiger partial charge in [-0.05, 0) is 82.9 Å². The van der Waals surface area contributed by atoms with Crippen LogP contribution in [0.15, 0.2) is 158 Å². The number of anilines is 5. The standard InChI is InChI=1S/C40H32N2/c1-29-10-7-15-36(28-29)41(2)34-24-20-30(21-25-34)31-22-26-35(27-23-31)42(39-18-8-13-32-11-3-5-16-37(32)39)40-19-9-14-33-12-4-6-17-38(33)40/h3-28H,1-2H3. The highest BCUT2D eigenvalue weighted by molar-refractivity contribution is 6.04. The van der Waals surface area contributed by atoms with Crippen LogP contribution in [0.2, 0.25) is 0 Å². The molecule has 7 aromatic carbocycles. The first kappa shape index (κ1) is 25.6. The fourth-order valence-electron chi connectivity index (χ4n) is 5.88. The largest absolute Gasteiger partial charge is 0.345 e. The van der Waals surface area contributed by atoms with Crippen molar-refractivity contribution in [2.45, 2.75) is 6.92 Å². The first-order valence-electron chi connectivity index (χ1n) is 14.4. The quantitative estimate of drug-likeness (QED) is 0.207. The Balaban J connectivity index is 1.28. The van der Waals surface area contributed by atoms with Gasteiger partial charge in [0.1, 0.15) is 0 Å². The molecule has 0 saturated carbocycles. The van der Waals surface area contributed by atoms with E-state index in [9.17, 15) is 0 Å². The molecule has 7 aromatic rings. The summed E-state index contributed by atoms with van der Waals surface area (Å²) in [5.41, 5.74) is 9.47. The van der Waals surface area contributed by atoms with Gasteiger partial charge in [0.2, 0.25) is 0 Å². The molecule has 0 aliphatic heterocycles. The first-order valence-corrected chi connectivity index (χ1v) is 14.4. The Morgan fingerprint density at radius 3 is 1.43 bits per heavy atom. The first-order chi connectivity index (χ1) is 20.7. The maximum absolute atomic E-state index is 2.40. The number of nitrogens with zero attached hydrogens (tertiary/aromatic N) is 2. The summed E-state index contributed by atoms with van der Waals surface area (Å²) in [4.78, 5) is 4.63. The minimum atomic E-state index is 1.13. The minimum absolute atomic E-state index is 1.13. The summed E-state index contributed by atoms with van der Waals surface area (Å²) in [5.74, 6) is 0. The van der Waals surface area contributed by atoms with Crippen molar-refractivity contribution in [1.29, 1.82) is 0 Å². The summed E-state index contributed by atoms with van der Waals surface area (Å²) in [6, 6.07) is 56.7. The molecule has 0 bridgehead atoms. The average molecular weight is 541 g/mol. The Morgan fingerprint density at radius 1 is 0.405 bits per heavy atom. The minimum Gasteiger partial charge on any atom is -0.345 e. The zero-order valence-corrected chi connectivity index (χ0v) is 23.9. The van der Waals surface area contributed by atoms with E-state index in [0.717, 1.165) is 5.69 Å². The van der Waals surface area contributed by atoms with Crippen LogP contribution in [0.3, 0.4) is 0 Å². The van der Waals surface area contributed by atoms with Crippen LogP contribution in [-0.2, 0) is 0 Å². The van der Waals surface area contributed by atoms with E-state index in [1.807, 2.05) is 0 Å². The molecule has 0 aliphatic carbocycles. The highest BCUT2D eigenvalue weighted by Crippen LogP contribution is 2.42. The summed E-state index contributed by atoms with van der Waals surface area (Å²) in [5, 5.41) is 4.91. The summed E-state index contributed by atoms with van der Waals surface area (Å²) >= 11 is 0. The summed E-state index contributed by atoms with van der Waals surface area (Å²) in [6.07, 6.45) is 0. The van der Waals surface area contributed by atoms with Gasteiger partial charge in [-0.3, -0.25) is 0 Å². The second kappa shape index (κ2) is 10.9. The summed E-state index contributed by atoms with van der Waals surface area (Å²) in [6.45, 7) is 2.13. The maximum Gasteiger partial charge on any atom is 0.0540 e. The molecule has 0 N–H and O–H groups in total. The highest BCUT2D eigenvalue weighted by Gasteiger charge is 2.17. The van der Waals surface area contributed by atoms with E-state index in [1.54, 1.807) is 0 Å². The van der Waals surface area contributed by atoms with Crippen molar-refractivity contribution in [3.8, 4) is 11.1 Å². The van der Waals surface area contributed by atoms with Crippen molar-refractivity contribution in [2.75, 3.05) is 16.8 Å². The number of fused-ring (bicyclic) bond motifs is 2. The van der Waals surface area contributed by atoms with Gasteiger partial charge in [-0.15, -0.1) is 0 Å². The van der Waals surface area contributed by atoms with Crippen LogP contribution in [0.5, 0.6) is 0 Å². The predicted molar refractivity (Wildman–Crippen MR) is 181 cm³/mol. The lowest BCUT2D eigenvalue weighted by Gasteiger charge is -2.28. The molecule has 2 heteroatoms. The Morgan fingerprint density at radius 2 is 0.881 bits per heavy atom. The molecule has 0 fully saturated rings. The molecule has 0 atom stereocenters. The van der Waals surface area contributed by atoms with Crippen LogP contribution >= 0.6 is 0 Å². The van der Waals surface area contributed by atoms with Crippen molar-refractivity contribution >= 4 is 50.0 Å². The topological polar surface area (TPSA) is 6.48 Å². The molecular formula is C40H32N2. The van der Waals surface area contributed by atoms with Gasteiger partial charge < -0.3 is 9.80 Å². The van der Waals surface area contributed by atoms with Crippen molar-refractivity contribution in [2.24, 2.45) is 0 Å². The number of hydrogen-bond acceptors (Lipinski definition) is 2. The molecule has 0 spiro atoms. The van der Waals surface area contributed by atoms with E-state index in [0.29, 0.717) is 0 Å². The fraction of sp³-hybridized carbons (Fsp3) is 0.0500. The lowest BCUT2D eigenvalue weighted by molar-refractivity contribution is 1.20. The Bertz CT molecular complexity index is 1920. The average Bonchev–Trinajstić information content (AvgIpc) is 3.05. The second-order valence-electron chi connectivity index (χ2n) is 10.8. The Labute approximate surface area is 247 Å². The third-order valence-corrected chi connectivity index (χ3v) is 8.12. The molecule has 2 nitrogen and oxygen atoms in total. The number of aryl methyl sites for hydroxylation is 1. The van der Waals surface area contributed by atoms with Crippen LogP contribution in [0, 0.1) is 6.92 Å². The molecule has 202 valence electrons. The van der Waals surface area contributed by atoms with E-state index in [4.69, 9.17) is 0 Å². The Kier molecular flexibility index (Phi) is 6.65. The number of benzene rings is 7. The zero-order chi connectivity index (χ0) is 28.5. The molecule has 0 aromatic heterocycles. The molecule has 0 aliphatic rings. The van der Waals surface area contributed by atoms with Gasteiger partial charge in [0, 0.05) is 34.9 Å². The molecule has 0 heterocycles. The van der Waals surface area contributed by atoms with E-state index in [2.05, 4.69) is 181 Å². The van der Waals surface area contributed by atoms with Crippen LogP contribution in [0.25, 0.3) is 32.7 Å². The fourth-order valence-corrected chi connectivity index (χ4v) is 5.88. The van der Waals surface area contributed by atoms with Gasteiger partial charge in [-0.1, -0.05) is 109 Å². The zero-order valence-electron chi connectivity index (χ0n) is 23.9. The van der Waals surface area contributed by atoms with Crippen LogP contribution in [0.4, 0.5) is 28.4 Å². The van der Waals surface area contributed by atoms with Gasteiger partial charge in [0.15, 0.2) is 0 Å². The van der Waals surface area contributed by atoms with Crippen LogP contribution < -0.4 is 9.80 Å². The summed E-state index contributed by atoms with van der Waals surface area (Å²) in [7, 11) is 2.12. The molecule has 0 amide bonds. The second-order valence-corrected chi connectivity index (χ2v) is 10.8. The van der Waals surface area contributed by atoms with Gasteiger partial charge in [-0.2, -0.15) is 0 Å². The van der Waals surface area contributed by atoms with Crippen LogP contribution in [0.1, 0.15) is 5.56 Å². The van der Waals surface area contributed by atoms with E-state index in [-0.39, 0.29) is 0 Å². The highest BCUT2D eigenvalue weighted by atomic mass is 15.1. The summed E-state index contributed by atoms with van der Waals surface area (Å²) < 4.78 is 0. The van der Waals surface area contributed by atoms with Gasteiger partial charge in [0.25, 0.3) is 0 Å². The Hall–Kier alpha value is -5.34. The SMILES string of the molecule is Cc1cccc(N(C)c2ccc(-c3ccc(N(c4cccc5ccccc45)c4cccc5ccccc45)cc3)cc2)c1. The van der Waals surface area contributed by atoms with E-state index in [1.165, 1.54) is 61.0 Å². The number of rotatable bonds is 6. The van der Waals surface area contributed by atoms with Crippen molar-refractivity contribution < 1.29 is 0 Å². The molecule has 42 heavy (non-hydrogen) atoms. The molecule has 7 rings (SSSR count). The lowest BCUT2D eigenvalue weighted by atomic mass is 10.0. The smallest absolute Gasteiger partial charge is 0.0540 e. The lowest BCUT2D eigenvalue weighted by Crippen LogP contribution is -2.11. The maximum atomic E-state index is 2.40. The number of hydrogen-bond donors (Lipinski definition) is 0. The van der Waals surface area contributed by atoms with Crippen molar-refractivity contribution in [1.82, 2.24) is 0 Å². The van der Waals surface area contributed by atoms with Gasteiger partial charge in [0.05, 0.1) is 11.4 Å². The third-order valence-electron chi connectivity index (χ3n) is 8.12.